The Morgan fingerprint density at radius 1 is 0.451 bits per heavy atom. The predicted octanol–water partition coefficient (Wildman–Crippen LogP) is 9.56. The molecule has 0 saturated heterocycles. The lowest BCUT2D eigenvalue weighted by Crippen LogP contribution is -2.45. The second kappa shape index (κ2) is 34.7. The predicted molar refractivity (Wildman–Crippen MR) is 301 cm³/mol. The molecule has 0 aliphatic rings. The second-order valence-corrected chi connectivity index (χ2v) is 20.6. The van der Waals surface area contributed by atoms with Gasteiger partial charge in [0.2, 0.25) is 11.8 Å². The lowest BCUT2D eigenvalue weighted by molar-refractivity contribution is -0.150. The molecule has 6 rings (SSSR count). The van der Waals surface area contributed by atoms with Gasteiger partial charge in [0.25, 0.3) is 5.91 Å². The van der Waals surface area contributed by atoms with Crippen molar-refractivity contribution in [3.63, 3.8) is 0 Å². The number of hydrogen-bond donors (Lipinski definition) is 4. The molecule has 4 atom stereocenters. The summed E-state index contributed by atoms with van der Waals surface area (Å²) in [5.74, 6) is -4.86. The SMILES string of the molecule is O=C(CCCCCNC(=O)c1ccc(F)cc1)N[C@@H](CCC(=O)N[C@@H](CCCOP(=O)(N[C@@H](CCC(=O)OCc1ccccc1)C(=O)OCc1ccccc1)OCc1ccccc1)C(=O)Oc1ccccc1)C(=O)OCc1ccccc1. The molecular formula is C62H68FN4O14P. The van der Waals surface area contributed by atoms with E-state index in [-0.39, 0.29) is 89.6 Å². The van der Waals surface area contributed by atoms with Crippen molar-refractivity contribution in [2.75, 3.05) is 13.2 Å². The highest BCUT2D eigenvalue weighted by Gasteiger charge is 2.35. The zero-order chi connectivity index (χ0) is 58.2. The monoisotopic (exact) mass is 1140 g/mol. The van der Waals surface area contributed by atoms with Crippen LogP contribution in [-0.4, -0.2) is 72.9 Å². The number of esters is 4. The molecule has 6 aromatic rings. The second-order valence-electron chi connectivity index (χ2n) is 18.9. The van der Waals surface area contributed by atoms with Gasteiger partial charge in [0, 0.05) is 31.4 Å². The van der Waals surface area contributed by atoms with Crippen LogP contribution in [0.15, 0.2) is 176 Å². The van der Waals surface area contributed by atoms with E-state index < -0.39 is 67.4 Å². The Morgan fingerprint density at radius 2 is 0.927 bits per heavy atom. The molecule has 82 heavy (non-hydrogen) atoms. The highest BCUT2D eigenvalue weighted by Crippen LogP contribution is 2.46. The van der Waals surface area contributed by atoms with Crippen LogP contribution in [0.2, 0.25) is 0 Å². The Hall–Kier alpha value is -8.35. The molecule has 0 bridgehead atoms. The molecule has 432 valence electrons. The van der Waals surface area contributed by atoms with Crippen molar-refractivity contribution in [2.45, 2.75) is 109 Å². The molecule has 0 fully saturated rings. The number of halogens is 1. The molecule has 0 aliphatic carbocycles. The molecule has 0 saturated carbocycles. The molecule has 0 heterocycles. The minimum absolute atomic E-state index is 0.00296. The third-order valence-corrected chi connectivity index (χ3v) is 14.0. The van der Waals surface area contributed by atoms with Crippen molar-refractivity contribution >= 4 is 49.3 Å². The summed E-state index contributed by atoms with van der Waals surface area (Å²) in [6.07, 6.45) is 0.331. The van der Waals surface area contributed by atoms with Crippen LogP contribution in [-0.2, 0) is 83.0 Å². The summed E-state index contributed by atoms with van der Waals surface area (Å²) in [5.41, 5.74) is 3.08. The van der Waals surface area contributed by atoms with E-state index in [1.165, 1.54) is 24.3 Å². The maximum absolute atomic E-state index is 14.8. The lowest BCUT2D eigenvalue weighted by Gasteiger charge is -2.25. The number of benzene rings is 6. The van der Waals surface area contributed by atoms with Gasteiger partial charge in [-0.05, 0) is 97.2 Å². The molecule has 3 amide bonds. The number of nitrogens with one attached hydrogen (secondary N) is 4. The van der Waals surface area contributed by atoms with E-state index in [9.17, 15) is 42.5 Å². The minimum Gasteiger partial charge on any atom is -0.461 e. The van der Waals surface area contributed by atoms with Crippen molar-refractivity contribution in [3.8, 4) is 5.75 Å². The number of hydrogen-bond acceptors (Lipinski definition) is 14. The van der Waals surface area contributed by atoms with Gasteiger partial charge in [0.1, 0.15) is 49.5 Å². The smallest absolute Gasteiger partial charge is 0.406 e. The summed E-state index contributed by atoms with van der Waals surface area (Å²) in [7, 11) is -4.49. The third kappa shape index (κ3) is 23.8. The molecule has 0 aromatic heterocycles. The molecule has 0 aliphatic heterocycles. The van der Waals surface area contributed by atoms with Gasteiger partial charge in [-0.1, -0.05) is 146 Å². The van der Waals surface area contributed by atoms with Gasteiger partial charge in [-0.15, -0.1) is 0 Å². The average Bonchev–Trinajstić information content (AvgIpc) is 3.51. The maximum Gasteiger partial charge on any atom is 0.406 e. The maximum atomic E-state index is 14.8. The first-order valence-electron chi connectivity index (χ1n) is 27.0. The van der Waals surface area contributed by atoms with E-state index in [1.807, 2.05) is 30.3 Å². The van der Waals surface area contributed by atoms with Crippen LogP contribution in [0.3, 0.4) is 0 Å². The van der Waals surface area contributed by atoms with Crippen molar-refractivity contribution in [1.82, 2.24) is 21.0 Å². The average molecular weight is 1140 g/mol. The molecule has 6 aromatic carbocycles. The van der Waals surface area contributed by atoms with Crippen LogP contribution in [0.4, 0.5) is 4.39 Å². The Balaban J connectivity index is 1.09. The van der Waals surface area contributed by atoms with E-state index in [1.54, 1.807) is 121 Å². The number of para-hydroxylation sites is 1. The van der Waals surface area contributed by atoms with Crippen LogP contribution in [0.25, 0.3) is 0 Å². The topological polar surface area (TPSA) is 240 Å². The van der Waals surface area contributed by atoms with E-state index >= 15 is 0 Å². The van der Waals surface area contributed by atoms with Gasteiger partial charge in [0.15, 0.2) is 0 Å². The summed E-state index contributed by atoms with van der Waals surface area (Å²) in [6.45, 7) is -0.473. The standard InChI is InChI=1S/C62H68FN4O14P/c63-51-34-32-50(33-35-51)59(71)64-40-18-6-17-31-56(68)66-54(60(72)77-43-47-22-9-2-10-23-47)36-38-57(69)65-53(62(74)81-52-28-15-5-16-29-52)30-19-41-79-82(75,80-45-49-26-13-4-14-27-49)67-55(61(73)78-44-48-24-11-3-12-25-48)37-39-58(70)76-42-46-20-7-1-8-21-46/h1-5,7-16,20-29,32-35,53-55H,6,17-19,30-31,36-45H2,(H,64,71)(H,65,69)(H,66,68)(H,67,75)/t53-,54-,55-,82?/m0/s1. The molecule has 0 spiro atoms. The van der Waals surface area contributed by atoms with E-state index in [2.05, 4.69) is 21.0 Å². The first kappa shape index (κ1) is 62.8. The Labute approximate surface area is 476 Å². The lowest BCUT2D eigenvalue weighted by atomic mass is 10.1. The fourth-order valence-electron chi connectivity index (χ4n) is 7.95. The molecule has 0 radical (unpaired) electrons. The summed E-state index contributed by atoms with van der Waals surface area (Å²) in [5, 5.41) is 10.8. The Morgan fingerprint density at radius 3 is 1.49 bits per heavy atom. The van der Waals surface area contributed by atoms with E-state index in [4.69, 9.17) is 28.0 Å². The van der Waals surface area contributed by atoms with Crippen LogP contribution in [0.1, 0.15) is 96.8 Å². The zero-order valence-corrected chi connectivity index (χ0v) is 46.2. The first-order chi connectivity index (χ1) is 39.8. The summed E-state index contributed by atoms with van der Waals surface area (Å²) < 4.78 is 62.2. The van der Waals surface area contributed by atoms with Gasteiger partial charge in [0.05, 0.1) is 13.2 Å². The van der Waals surface area contributed by atoms with Crippen LogP contribution in [0.5, 0.6) is 5.75 Å². The number of unbranched alkanes of at least 4 members (excludes halogenated alkanes) is 2. The van der Waals surface area contributed by atoms with Crippen LogP contribution < -0.4 is 25.8 Å². The van der Waals surface area contributed by atoms with Crippen LogP contribution in [0, 0.1) is 5.82 Å². The first-order valence-corrected chi connectivity index (χ1v) is 28.6. The van der Waals surface area contributed by atoms with Gasteiger partial charge in [-0.25, -0.2) is 23.6 Å². The van der Waals surface area contributed by atoms with Gasteiger partial charge in [-0.2, -0.15) is 0 Å². The number of carbonyl (C=O) groups excluding carboxylic acids is 7. The quantitative estimate of drug-likeness (QED) is 0.00952. The van der Waals surface area contributed by atoms with E-state index in [0.717, 1.165) is 5.56 Å². The van der Waals surface area contributed by atoms with Gasteiger partial charge in [-0.3, -0.25) is 33.0 Å². The number of amides is 3. The largest absolute Gasteiger partial charge is 0.461 e. The highest BCUT2D eigenvalue weighted by molar-refractivity contribution is 7.51. The fraction of sp³-hybridized carbons (Fsp3) is 0.306. The third-order valence-electron chi connectivity index (χ3n) is 12.4. The molecule has 1 unspecified atom stereocenters. The summed E-state index contributed by atoms with van der Waals surface area (Å²) in [6, 6.07) is 45.0. The van der Waals surface area contributed by atoms with Gasteiger partial charge < -0.3 is 34.9 Å². The van der Waals surface area contributed by atoms with Crippen molar-refractivity contribution in [3.05, 3.63) is 210 Å². The fourth-order valence-corrected chi connectivity index (χ4v) is 9.48. The summed E-state index contributed by atoms with van der Waals surface area (Å²) >= 11 is 0. The number of rotatable bonds is 35. The number of carbonyl (C=O) groups is 7. The van der Waals surface area contributed by atoms with E-state index in [0.29, 0.717) is 48.1 Å². The molecule has 4 N–H and O–H groups in total. The Bertz CT molecular complexity index is 2980. The van der Waals surface area contributed by atoms with Crippen LogP contribution >= 0.6 is 7.75 Å². The van der Waals surface area contributed by atoms with Crippen molar-refractivity contribution < 1.29 is 70.5 Å². The Kier molecular flexibility index (Phi) is 26.6. The zero-order valence-electron chi connectivity index (χ0n) is 45.3. The minimum atomic E-state index is -4.49. The molecule has 20 heteroatoms. The molecule has 18 nitrogen and oxygen atoms in total. The number of ether oxygens (including phenoxy) is 4. The van der Waals surface area contributed by atoms with Crippen molar-refractivity contribution in [2.24, 2.45) is 0 Å². The van der Waals surface area contributed by atoms with Gasteiger partial charge >= 0.3 is 31.6 Å². The summed E-state index contributed by atoms with van der Waals surface area (Å²) in [4.78, 5) is 93.5. The van der Waals surface area contributed by atoms with Crippen molar-refractivity contribution in [1.29, 1.82) is 0 Å². The highest BCUT2D eigenvalue weighted by atomic mass is 31.2. The normalized spacial score (nSPS) is 12.7. The molecular weight excluding hydrogens is 1070 g/mol.